The molecule has 0 saturated heterocycles. The van der Waals surface area contributed by atoms with Gasteiger partial charge in [-0.15, -0.1) is 0 Å². The number of allylic oxidation sites excluding steroid dienone is 4. The van der Waals surface area contributed by atoms with Gasteiger partial charge in [0.1, 0.15) is 6.29 Å². The lowest BCUT2D eigenvalue weighted by molar-refractivity contribution is -0.104. The Kier molecular flexibility index (Phi) is 3.68. The monoisotopic (exact) mass is 192 g/mol. The van der Waals surface area contributed by atoms with E-state index in [9.17, 15) is 4.79 Å². The highest BCUT2D eigenvalue weighted by atomic mass is 16.1. The summed E-state index contributed by atoms with van der Waals surface area (Å²) in [7, 11) is 0. The largest absolute Gasteiger partial charge is 0.298 e. The second-order valence-electron chi connectivity index (χ2n) is 4.63. The van der Waals surface area contributed by atoms with Crippen molar-refractivity contribution in [3.63, 3.8) is 0 Å². The van der Waals surface area contributed by atoms with Gasteiger partial charge in [-0.2, -0.15) is 0 Å². The highest BCUT2D eigenvalue weighted by Crippen LogP contribution is 2.37. The number of rotatable bonds is 3. The Morgan fingerprint density at radius 1 is 1.50 bits per heavy atom. The smallest absolute Gasteiger partial charge is 0.145 e. The van der Waals surface area contributed by atoms with Crippen molar-refractivity contribution in [2.45, 2.75) is 40.5 Å². The average molecular weight is 192 g/mol. The summed E-state index contributed by atoms with van der Waals surface area (Å²) < 4.78 is 0. The van der Waals surface area contributed by atoms with Crippen molar-refractivity contribution in [3.05, 3.63) is 22.8 Å². The number of aldehydes is 1. The first-order valence-electron chi connectivity index (χ1n) is 5.39. The van der Waals surface area contributed by atoms with Crippen LogP contribution in [0.5, 0.6) is 0 Å². The van der Waals surface area contributed by atoms with Gasteiger partial charge in [-0.05, 0) is 49.7 Å². The second kappa shape index (κ2) is 4.59. The van der Waals surface area contributed by atoms with Crippen LogP contribution in [-0.4, -0.2) is 6.29 Å². The van der Waals surface area contributed by atoms with Crippen LogP contribution in [0.3, 0.4) is 0 Å². The van der Waals surface area contributed by atoms with Crippen LogP contribution in [0.4, 0.5) is 0 Å². The molecule has 78 valence electrons. The molecule has 1 aliphatic carbocycles. The highest BCUT2D eigenvalue weighted by Gasteiger charge is 2.24. The van der Waals surface area contributed by atoms with Gasteiger partial charge in [-0.1, -0.05) is 25.5 Å². The Labute approximate surface area is 86.9 Å². The van der Waals surface area contributed by atoms with Crippen LogP contribution < -0.4 is 0 Å². The van der Waals surface area contributed by atoms with E-state index >= 15 is 0 Å². The second-order valence-corrected chi connectivity index (χ2v) is 4.63. The molecule has 0 N–H and O–H groups in total. The van der Waals surface area contributed by atoms with Gasteiger partial charge in [0.15, 0.2) is 0 Å². The van der Waals surface area contributed by atoms with E-state index in [1.807, 2.05) is 6.92 Å². The van der Waals surface area contributed by atoms with Crippen LogP contribution in [0.15, 0.2) is 22.8 Å². The van der Waals surface area contributed by atoms with E-state index in [0.29, 0.717) is 11.8 Å². The third kappa shape index (κ3) is 2.34. The van der Waals surface area contributed by atoms with Gasteiger partial charge in [-0.3, -0.25) is 4.79 Å². The lowest BCUT2D eigenvalue weighted by atomic mass is 9.88. The average Bonchev–Trinajstić information content (AvgIpc) is 2.48. The van der Waals surface area contributed by atoms with Gasteiger partial charge in [0.05, 0.1) is 0 Å². The lowest BCUT2D eigenvalue weighted by Crippen LogP contribution is -2.06. The van der Waals surface area contributed by atoms with Crippen molar-refractivity contribution in [1.82, 2.24) is 0 Å². The predicted molar refractivity (Wildman–Crippen MR) is 60.1 cm³/mol. The number of carbonyl (C=O) groups excluding carboxylic acids is 1. The van der Waals surface area contributed by atoms with Crippen LogP contribution >= 0.6 is 0 Å². The molecule has 0 aromatic rings. The van der Waals surface area contributed by atoms with E-state index in [1.165, 1.54) is 24.0 Å². The molecule has 1 aliphatic rings. The van der Waals surface area contributed by atoms with Gasteiger partial charge in [0.25, 0.3) is 0 Å². The summed E-state index contributed by atoms with van der Waals surface area (Å²) in [4.78, 5) is 10.6. The van der Waals surface area contributed by atoms with Crippen molar-refractivity contribution in [1.29, 1.82) is 0 Å². The Morgan fingerprint density at radius 3 is 2.64 bits per heavy atom. The summed E-state index contributed by atoms with van der Waals surface area (Å²) in [5.41, 5.74) is 3.71. The van der Waals surface area contributed by atoms with Crippen molar-refractivity contribution < 1.29 is 4.79 Å². The summed E-state index contributed by atoms with van der Waals surface area (Å²) in [6, 6.07) is 0. The Morgan fingerprint density at radius 2 is 2.14 bits per heavy atom. The Bertz CT molecular complexity index is 282. The van der Waals surface area contributed by atoms with E-state index < -0.39 is 0 Å². The minimum absolute atomic E-state index is 0.657. The molecular weight excluding hydrogens is 172 g/mol. The zero-order chi connectivity index (χ0) is 10.7. The van der Waals surface area contributed by atoms with E-state index in [1.54, 1.807) is 0 Å². The van der Waals surface area contributed by atoms with Gasteiger partial charge >= 0.3 is 0 Å². The van der Waals surface area contributed by atoms with Crippen LogP contribution in [0.1, 0.15) is 40.5 Å². The molecular formula is C13H20O. The van der Waals surface area contributed by atoms with Crippen LogP contribution in [0.25, 0.3) is 0 Å². The molecule has 0 heterocycles. The van der Waals surface area contributed by atoms with Gasteiger partial charge in [0, 0.05) is 0 Å². The molecule has 0 fully saturated rings. The van der Waals surface area contributed by atoms with E-state index in [2.05, 4.69) is 26.8 Å². The van der Waals surface area contributed by atoms with Gasteiger partial charge in [0.2, 0.25) is 0 Å². The van der Waals surface area contributed by atoms with E-state index in [-0.39, 0.29) is 0 Å². The standard InChI is InChI=1S/C13H20O/c1-9(2)12-6-5-11(4)13(12)7-10(3)8-14/h7-9,12H,5-6H2,1-4H3/b10-7+. The van der Waals surface area contributed by atoms with Crippen molar-refractivity contribution >= 4 is 6.29 Å². The third-order valence-electron chi connectivity index (χ3n) is 3.10. The maximum Gasteiger partial charge on any atom is 0.145 e. The molecule has 0 aromatic heterocycles. The predicted octanol–water partition coefficient (Wildman–Crippen LogP) is 3.51. The summed E-state index contributed by atoms with van der Waals surface area (Å²) >= 11 is 0. The maximum absolute atomic E-state index is 10.6. The SMILES string of the molecule is CC1=C(/C=C(\C)C=O)C(C(C)C)CC1. The maximum atomic E-state index is 10.6. The molecule has 0 aliphatic heterocycles. The van der Waals surface area contributed by atoms with Gasteiger partial charge in [-0.25, -0.2) is 0 Å². The molecule has 1 rings (SSSR count). The fourth-order valence-corrected chi connectivity index (χ4v) is 2.19. The molecule has 0 amide bonds. The van der Waals surface area contributed by atoms with Crippen LogP contribution in [-0.2, 0) is 4.79 Å². The summed E-state index contributed by atoms with van der Waals surface area (Å²) in [5, 5.41) is 0. The first-order valence-corrected chi connectivity index (χ1v) is 5.39. The summed E-state index contributed by atoms with van der Waals surface area (Å²) in [5.74, 6) is 1.34. The van der Waals surface area contributed by atoms with E-state index in [4.69, 9.17) is 0 Å². The van der Waals surface area contributed by atoms with Crippen molar-refractivity contribution in [2.75, 3.05) is 0 Å². The van der Waals surface area contributed by atoms with Crippen LogP contribution in [0.2, 0.25) is 0 Å². The summed E-state index contributed by atoms with van der Waals surface area (Å²) in [6.45, 7) is 8.58. The zero-order valence-corrected chi connectivity index (χ0v) is 9.63. The minimum atomic E-state index is 0.657. The molecule has 0 radical (unpaired) electrons. The van der Waals surface area contributed by atoms with Crippen molar-refractivity contribution in [3.8, 4) is 0 Å². The number of hydrogen-bond acceptors (Lipinski definition) is 1. The minimum Gasteiger partial charge on any atom is -0.298 e. The number of hydrogen-bond donors (Lipinski definition) is 0. The first-order chi connectivity index (χ1) is 6.56. The van der Waals surface area contributed by atoms with E-state index in [0.717, 1.165) is 11.9 Å². The fraction of sp³-hybridized carbons (Fsp3) is 0.615. The Balaban J connectivity index is 2.92. The highest BCUT2D eigenvalue weighted by molar-refractivity contribution is 5.73. The van der Waals surface area contributed by atoms with Crippen LogP contribution in [0, 0.1) is 11.8 Å². The van der Waals surface area contributed by atoms with Crippen molar-refractivity contribution in [2.24, 2.45) is 11.8 Å². The molecule has 0 bridgehead atoms. The lowest BCUT2D eigenvalue weighted by Gasteiger charge is -2.17. The third-order valence-corrected chi connectivity index (χ3v) is 3.10. The molecule has 0 spiro atoms. The molecule has 1 unspecified atom stereocenters. The molecule has 14 heavy (non-hydrogen) atoms. The normalized spacial score (nSPS) is 23.5. The molecule has 0 saturated carbocycles. The quantitative estimate of drug-likeness (QED) is 0.494. The topological polar surface area (TPSA) is 17.1 Å². The zero-order valence-electron chi connectivity index (χ0n) is 9.63. The molecule has 1 nitrogen and oxygen atoms in total. The van der Waals surface area contributed by atoms with Gasteiger partial charge < -0.3 is 0 Å². The molecule has 1 heteroatoms. The first kappa shape index (κ1) is 11.2. The Hall–Kier alpha value is -0.850. The fourth-order valence-electron chi connectivity index (χ4n) is 2.19. The molecule has 0 aromatic carbocycles. The summed E-state index contributed by atoms with van der Waals surface area (Å²) in [6.07, 6.45) is 5.46. The molecule has 1 atom stereocenters. The number of carbonyl (C=O) groups is 1.